The number of fused-ring (bicyclic) bond motifs is 1. The van der Waals surface area contributed by atoms with Crippen molar-refractivity contribution < 1.29 is 19.0 Å². The summed E-state index contributed by atoms with van der Waals surface area (Å²) in [6.45, 7) is 2.76. The predicted molar refractivity (Wildman–Crippen MR) is 122 cm³/mol. The van der Waals surface area contributed by atoms with Gasteiger partial charge in [0.2, 0.25) is 5.91 Å². The zero-order valence-electron chi connectivity index (χ0n) is 17.6. The van der Waals surface area contributed by atoms with Crippen LogP contribution in [0.4, 0.5) is 0 Å². The number of carbonyl (C=O) groups excluding carboxylic acids is 1. The number of benzene rings is 2. The number of thioether (sulfide) groups is 1. The summed E-state index contributed by atoms with van der Waals surface area (Å²) >= 11 is 3.22. The Bertz CT molecular complexity index is 1070. The van der Waals surface area contributed by atoms with Gasteiger partial charge >= 0.3 is 0 Å². The first kappa shape index (κ1) is 22.2. The largest absolute Gasteiger partial charge is 0.497 e. The monoisotopic (exact) mass is 446 g/mol. The van der Waals surface area contributed by atoms with E-state index in [1.807, 2.05) is 47.9 Å². The summed E-state index contributed by atoms with van der Waals surface area (Å²) in [6, 6.07) is 11.8. The number of hydrogen-bond acceptors (Lipinski definition) is 6. The summed E-state index contributed by atoms with van der Waals surface area (Å²) in [5.74, 6) is 2.94. The number of hydrogen-bond donors (Lipinski definition) is 0. The van der Waals surface area contributed by atoms with E-state index in [2.05, 4.69) is 4.99 Å². The van der Waals surface area contributed by atoms with Crippen LogP contribution in [-0.2, 0) is 11.3 Å². The number of nitrogens with zero attached hydrogens (tertiary/aromatic N) is 2. The van der Waals surface area contributed by atoms with Gasteiger partial charge in [0.1, 0.15) is 5.75 Å². The molecule has 0 unspecified atom stereocenters. The summed E-state index contributed by atoms with van der Waals surface area (Å²) < 4.78 is 19.0. The first-order chi connectivity index (χ1) is 14.6. The summed E-state index contributed by atoms with van der Waals surface area (Å²) in [4.78, 5) is 18.7. The molecule has 2 aromatic carbocycles. The molecule has 0 N–H and O–H groups in total. The van der Waals surface area contributed by atoms with Crippen molar-refractivity contribution in [3.8, 4) is 17.2 Å². The van der Waals surface area contributed by atoms with Crippen LogP contribution in [0.1, 0.15) is 19.8 Å². The maximum Gasteiger partial charge on any atom is 0.248 e. The molecule has 3 rings (SSSR count). The number of amides is 1. The van der Waals surface area contributed by atoms with Gasteiger partial charge in [-0.3, -0.25) is 4.79 Å². The molecule has 1 heterocycles. The quantitative estimate of drug-likeness (QED) is 0.351. The van der Waals surface area contributed by atoms with Gasteiger partial charge in [0.05, 0.1) is 31.5 Å². The van der Waals surface area contributed by atoms with Crippen LogP contribution in [0.25, 0.3) is 10.2 Å². The molecule has 160 valence electrons. The fourth-order valence-corrected chi connectivity index (χ4v) is 5.01. The van der Waals surface area contributed by atoms with E-state index in [1.54, 1.807) is 33.1 Å². The Balaban J connectivity index is 1.68. The molecule has 6 nitrogen and oxygen atoms in total. The van der Waals surface area contributed by atoms with E-state index in [4.69, 9.17) is 14.2 Å². The van der Waals surface area contributed by atoms with Crippen LogP contribution >= 0.6 is 23.1 Å². The zero-order chi connectivity index (χ0) is 21.5. The molecule has 0 radical (unpaired) electrons. The number of rotatable bonds is 9. The Labute approximate surface area is 184 Å². The van der Waals surface area contributed by atoms with Gasteiger partial charge in [0.15, 0.2) is 16.3 Å². The summed E-state index contributed by atoms with van der Waals surface area (Å²) in [6.07, 6.45) is 1.20. The number of thiazole rings is 1. The van der Waals surface area contributed by atoms with E-state index >= 15 is 0 Å². The molecule has 0 aliphatic rings. The third-order valence-electron chi connectivity index (χ3n) is 4.59. The molecule has 0 saturated heterocycles. The van der Waals surface area contributed by atoms with E-state index in [9.17, 15) is 4.79 Å². The minimum atomic E-state index is -0.0991. The lowest BCUT2D eigenvalue weighted by Crippen LogP contribution is -2.15. The minimum absolute atomic E-state index is 0.0991. The highest BCUT2D eigenvalue weighted by molar-refractivity contribution is 7.99. The highest BCUT2D eigenvalue weighted by atomic mass is 32.2. The van der Waals surface area contributed by atoms with Crippen molar-refractivity contribution >= 4 is 39.2 Å². The lowest BCUT2D eigenvalue weighted by Gasteiger charge is -2.08. The van der Waals surface area contributed by atoms with Gasteiger partial charge in [-0.05, 0) is 43.4 Å². The highest BCUT2D eigenvalue weighted by Gasteiger charge is 2.12. The van der Waals surface area contributed by atoms with Crippen molar-refractivity contribution in [3.05, 3.63) is 41.2 Å². The smallest absolute Gasteiger partial charge is 0.248 e. The molecule has 0 aliphatic carbocycles. The van der Waals surface area contributed by atoms with E-state index in [-0.39, 0.29) is 5.91 Å². The average molecular weight is 447 g/mol. The number of carbonyl (C=O) groups is 1. The van der Waals surface area contributed by atoms with Gasteiger partial charge in [-0.15, -0.1) is 11.8 Å². The van der Waals surface area contributed by atoms with E-state index in [1.165, 1.54) is 11.3 Å². The van der Waals surface area contributed by atoms with Gasteiger partial charge in [0.25, 0.3) is 0 Å². The average Bonchev–Trinajstić information content (AvgIpc) is 3.11. The molecule has 0 saturated carbocycles. The van der Waals surface area contributed by atoms with Crippen molar-refractivity contribution in [2.75, 3.05) is 27.1 Å². The summed E-state index contributed by atoms with van der Waals surface area (Å²) in [5, 5.41) is 0. The maximum atomic E-state index is 12.4. The van der Waals surface area contributed by atoms with Crippen molar-refractivity contribution in [2.45, 2.75) is 31.2 Å². The second-order valence-corrected chi connectivity index (χ2v) is 8.61. The molecule has 0 bridgehead atoms. The van der Waals surface area contributed by atoms with Crippen LogP contribution in [0.5, 0.6) is 17.2 Å². The lowest BCUT2D eigenvalue weighted by molar-refractivity contribution is -0.118. The maximum absolute atomic E-state index is 12.4. The van der Waals surface area contributed by atoms with Gasteiger partial charge in [-0.25, -0.2) is 0 Å². The number of ether oxygens (including phenoxy) is 3. The molecule has 1 amide bonds. The molecule has 1 aromatic heterocycles. The first-order valence-electron chi connectivity index (χ1n) is 9.69. The fourth-order valence-electron chi connectivity index (χ4n) is 3.04. The van der Waals surface area contributed by atoms with Crippen LogP contribution in [0.15, 0.2) is 46.3 Å². The van der Waals surface area contributed by atoms with Crippen LogP contribution in [0, 0.1) is 0 Å². The normalized spacial score (nSPS) is 11.7. The Morgan fingerprint density at radius 3 is 2.40 bits per heavy atom. The Hall–Kier alpha value is -2.45. The summed E-state index contributed by atoms with van der Waals surface area (Å²) in [5.41, 5.74) is 0.988. The zero-order valence-corrected chi connectivity index (χ0v) is 19.3. The van der Waals surface area contributed by atoms with Crippen LogP contribution in [0.2, 0.25) is 0 Å². The summed E-state index contributed by atoms with van der Waals surface area (Å²) in [7, 11) is 4.89. The molecule has 0 aliphatic heterocycles. The molecule has 0 spiro atoms. The SMILES string of the molecule is CCn1c(=NC(=O)CCCSc2ccc(OC)cc2)sc2cc(OC)c(OC)cc21. The Morgan fingerprint density at radius 2 is 1.77 bits per heavy atom. The molecular formula is C22H26N2O4S2. The van der Waals surface area contributed by atoms with Crippen LogP contribution in [0.3, 0.4) is 0 Å². The topological polar surface area (TPSA) is 62.1 Å². The Kier molecular flexibility index (Phi) is 7.81. The van der Waals surface area contributed by atoms with E-state index in [0.717, 1.165) is 39.6 Å². The fraction of sp³-hybridized carbons (Fsp3) is 0.364. The lowest BCUT2D eigenvalue weighted by atomic mass is 10.3. The molecule has 3 aromatic rings. The van der Waals surface area contributed by atoms with Gasteiger partial charge < -0.3 is 18.8 Å². The molecular weight excluding hydrogens is 420 g/mol. The molecule has 30 heavy (non-hydrogen) atoms. The van der Waals surface area contributed by atoms with Gasteiger partial charge in [0, 0.05) is 30.0 Å². The molecule has 0 atom stereocenters. The third kappa shape index (κ3) is 5.17. The number of aromatic nitrogens is 1. The number of aryl methyl sites for hydroxylation is 1. The van der Waals surface area contributed by atoms with Gasteiger partial charge in [-0.1, -0.05) is 11.3 Å². The van der Waals surface area contributed by atoms with E-state index < -0.39 is 0 Å². The standard InChI is InChI=1S/C22H26N2O4S2/c1-5-24-17-13-18(27-3)19(28-4)14-20(17)30-22(24)23-21(25)7-6-12-29-16-10-8-15(26-2)9-11-16/h8-11,13-14H,5-7,12H2,1-4H3. The molecule has 0 fully saturated rings. The predicted octanol–water partition coefficient (Wildman–Crippen LogP) is 4.75. The van der Waals surface area contributed by atoms with Crippen molar-refractivity contribution in [1.29, 1.82) is 0 Å². The van der Waals surface area contributed by atoms with Crippen LogP contribution < -0.4 is 19.0 Å². The highest BCUT2D eigenvalue weighted by Crippen LogP contribution is 2.33. The molecule has 8 heteroatoms. The van der Waals surface area contributed by atoms with Crippen LogP contribution in [-0.4, -0.2) is 37.6 Å². The number of methoxy groups -OCH3 is 3. The van der Waals surface area contributed by atoms with Crippen molar-refractivity contribution in [3.63, 3.8) is 0 Å². The first-order valence-corrected chi connectivity index (χ1v) is 11.5. The Morgan fingerprint density at radius 1 is 1.07 bits per heavy atom. The van der Waals surface area contributed by atoms with E-state index in [0.29, 0.717) is 22.7 Å². The minimum Gasteiger partial charge on any atom is -0.497 e. The second-order valence-electron chi connectivity index (χ2n) is 6.44. The van der Waals surface area contributed by atoms with Crippen molar-refractivity contribution in [2.24, 2.45) is 4.99 Å². The second kappa shape index (κ2) is 10.5. The van der Waals surface area contributed by atoms with Crippen molar-refractivity contribution in [1.82, 2.24) is 4.57 Å². The van der Waals surface area contributed by atoms with Gasteiger partial charge in [-0.2, -0.15) is 4.99 Å². The third-order valence-corrected chi connectivity index (χ3v) is 6.73.